The molecule has 21 heavy (non-hydrogen) atoms. The van der Waals surface area contributed by atoms with Gasteiger partial charge in [-0.25, -0.2) is 4.39 Å². The number of benzene rings is 1. The predicted molar refractivity (Wildman–Crippen MR) is 78.3 cm³/mol. The van der Waals surface area contributed by atoms with Gasteiger partial charge in [0.05, 0.1) is 26.9 Å². The third-order valence-electron chi connectivity index (χ3n) is 2.78. The van der Waals surface area contributed by atoms with Gasteiger partial charge in [0, 0.05) is 10.9 Å². The van der Waals surface area contributed by atoms with E-state index in [1.807, 2.05) is 0 Å². The van der Waals surface area contributed by atoms with E-state index in [0.29, 0.717) is 4.34 Å². The Balaban J connectivity index is 2.15. The van der Waals surface area contributed by atoms with Gasteiger partial charge in [0.1, 0.15) is 5.82 Å². The average Bonchev–Trinajstić information content (AvgIpc) is 2.85. The molecule has 8 heteroatoms. The zero-order chi connectivity index (χ0) is 15.6. The number of rotatable bonds is 4. The second kappa shape index (κ2) is 6.19. The fraction of sp³-hybridized carbons (Fsp3) is 0.154. The van der Waals surface area contributed by atoms with Crippen molar-refractivity contribution in [2.75, 3.05) is 0 Å². The molecule has 0 bridgehead atoms. The van der Waals surface area contributed by atoms with Crippen molar-refractivity contribution in [1.82, 2.24) is 5.32 Å². The van der Waals surface area contributed by atoms with E-state index in [9.17, 15) is 19.3 Å². The maximum Gasteiger partial charge on any atom is 0.272 e. The molecule has 2 rings (SSSR count). The van der Waals surface area contributed by atoms with Gasteiger partial charge in [-0.05, 0) is 25.1 Å². The summed E-state index contributed by atoms with van der Waals surface area (Å²) in [6, 6.07) is 6.04. The molecule has 0 spiro atoms. The van der Waals surface area contributed by atoms with E-state index in [4.69, 9.17) is 11.6 Å². The molecule has 1 aromatic heterocycles. The van der Waals surface area contributed by atoms with Gasteiger partial charge in [-0.1, -0.05) is 11.6 Å². The minimum absolute atomic E-state index is 0.241. The maximum absolute atomic E-state index is 13.7. The van der Waals surface area contributed by atoms with E-state index < -0.39 is 22.3 Å². The van der Waals surface area contributed by atoms with Crippen LogP contribution in [0.25, 0.3) is 0 Å². The maximum atomic E-state index is 13.7. The van der Waals surface area contributed by atoms with Crippen LogP contribution in [-0.4, -0.2) is 10.8 Å². The second-order valence-electron chi connectivity index (χ2n) is 4.26. The molecule has 1 heterocycles. The lowest BCUT2D eigenvalue weighted by molar-refractivity contribution is -0.385. The summed E-state index contributed by atoms with van der Waals surface area (Å²) in [5.41, 5.74) is -0.641. The van der Waals surface area contributed by atoms with Crippen LogP contribution in [0.1, 0.15) is 28.2 Å². The quantitative estimate of drug-likeness (QED) is 0.682. The Morgan fingerprint density at radius 2 is 2.14 bits per heavy atom. The van der Waals surface area contributed by atoms with Crippen LogP contribution in [0.3, 0.4) is 0 Å². The molecule has 0 radical (unpaired) electrons. The summed E-state index contributed by atoms with van der Waals surface area (Å²) in [6.45, 7) is 1.74. The van der Waals surface area contributed by atoms with E-state index in [2.05, 4.69) is 5.32 Å². The highest BCUT2D eigenvalue weighted by atomic mass is 35.5. The Morgan fingerprint density at radius 3 is 2.67 bits per heavy atom. The lowest BCUT2D eigenvalue weighted by Crippen LogP contribution is -2.26. The Kier molecular flexibility index (Phi) is 4.54. The minimum Gasteiger partial charge on any atom is -0.345 e. The Hall–Kier alpha value is -1.99. The van der Waals surface area contributed by atoms with Crippen molar-refractivity contribution in [3.05, 3.63) is 61.0 Å². The van der Waals surface area contributed by atoms with Crippen molar-refractivity contribution in [2.24, 2.45) is 0 Å². The van der Waals surface area contributed by atoms with Crippen LogP contribution < -0.4 is 5.32 Å². The molecule has 1 aromatic carbocycles. The van der Waals surface area contributed by atoms with Crippen molar-refractivity contribution < 1.29 is 14.1 Å². The number of carbonyl (C=O) groups excluding carboxylic acids is 1. The summed E-state index contributed by atoms with van der Waals surface area (Å²) in [5, 5.41) is 13.1. The van der Waals surface area contributed by atoms with Crippen LogP contribution >= 0.6 is 22.9 Å². The summed E-state index contributed by atoms with van der Waals surface area (Å²) in [6.07, 6.45) is 0. The van der Waals surface area contributed by atoms with Gasteiger partial charge < -0.3 is 5.32 Å². The average molecular weight is 329 g/mol. The number of carbonyl (C=O) groups is 1. The second-order valence-corrected chi connectivity index (χ2v) is 6.00. The number of amides is 1. The number of non-ortho nitro benzene ring substituents is 1. The van der Waals surface area contributed by atoms with Crippen molar-refractivity contribution in [3.63, 3.8) is 0 Å². The number of nitro groups is 1. The van der Waals surface area contributed by atoms with Gasteiger partial charge in [-0.3, -0.25) is 14.9 Å². The first-order valence-corrected chi connectivity index (χ1v) is 7.08. The van der Waals surface area contributed by atoms with E-state index in [1.165, 1.54) is 11.3 Å². The first-order chi connectivity index (χ1) is 9.88. The predicted octanol–water partition coefficient (Wildman–Crippen LogP) is 3.94. The molecule has 1 atom stereocenters. The number of thiophene rings is 1. The van der Waals surface area contributed by atoms with Crippen molar-refractivity contribution in [2.45, 2.75) is 13.0 Å². The fourth-order valence-corrected chi connectivity index (χ4v) is 2.77. The highest BCUT2D eigenvalue weighted by Gasteiger charge is 2.18. The molecule has 1 N–H and O–H groups in total. The summed E-state index contributed by atoms with van der Waals surface area (Å²) < 4.78 is 14.3. The first-order valence-electron chi connectivity index (χ1n) is 5.88. The number of nitro benzene ring substituents is 1. The summed E-state index contributed by atoms with van der Waals surface area (Å²) in [5.74, 6) is -1.57. The molecule has 0 aliphatic rings. The lowest BCUT2D eigenvalue weighted by Gasteiger charge is -2.12. The number of nitrogens with one attached hydrogen (secondary N) is 1. The van der Waals surface area contributed by atoms with Crippen LogP contribution in [0.4, 0.5) is 10.1 Å². The van der Waals surface area contributed by atoms with Crippen molar-refractivity contribution >= 4 is 34.5 Å². The molecule has 2 aromatic rings. The highest BCUT2D eigenvalue weighted by Crippen LogP contribution is 2.27. The standard InChI is InChI=1S/C13H10ClFN2O3S/c1-7(11-4-5-12(14)21-11)16-13(18)9-3-2-8(17(19)20)6-10(9)15/h2-7H,1H3,(H,16,18). The van der Waals surface area contributed by atoms with Gasteiger partial charge in [-0.2, -0.15) is 0 Å². The van der Waals surface area contributed by atoms with Gasteiger partial charge in [0.2, 0.25) is 0 Å². The number of hydrogen-bond donors (Lipinski definition) is 1. The largest absolute Gasteiger partial charge is 0.345 e. The Morgan fingerprint density at radius 1 is 1.43 bits per heavy atom. The molecule has 5 nitrogen and oxygen atoms in total. The summed E-state index contributed by atoms with van der Waals surface area (Å²) >= 11 is 7.12. The van der Waals surface area contributed by atoms with Gasteiger partial charge in [-0.15, -0.1) is 11.3 Å². The third kappa shape index (κ3) is 3.56. The summed E-state index contributed by atoms with van der Waals surface area (Å²) in [7, 11) is 0. The Bertz CT molecular complexity index is 704. The van der Waals surface area contributed by atoms with Crippen LogP contribution in [0.15, 0.2) is 30.3 Å². The molecule has 0 fully saturated rings. The van der Waals surface area contributed by atoms with Crippen LogP contribution in [0.5, 0.6) is 0 Å². The van der Waals surface area contributed by atoms with E-state index in [-0.39, 0.29) is 11.6 Å². The SMILES string of the molecule is CC(NC(=O)c1ccc([N+](=O)[O-])cc1F)c1ccc(Cl)s1. The zero-order valence-electron chi connectivity index (χ0n) is 10.8. The molecule has 1 unspecified atom stereocenters. The zero-order valence-corrected chi connectivity index (χ0v) is 12.4. The molecule has 0 saturated heterocycles. The monoisotopic (exact) mass is 328 g/mol. The fourth-order valence-electron chi connectivity index (χ4n) is 1.71. The van der Waals surface area contributed by atoms with Crippen LogP contribution in [0.2, 0.25) is 4.34 Å². The van der Waals surface area contributed by atoms with E-state index in [1.54, 1.807) is 19.1 Å². The van der Waals surface area contributed by atoms with Crippen molar-refractivity contribution in [1.29, 1.82) is 0 Å². The normalized spacial score (nSPS) is 12.0. The Labute approximate surface area is 128 Å². The third-order valence-corrected chi connectivity index (χ3v) is 4.19. The number of halogens is 2. The van der Waals surface area contributed by atoms with E-state index >= 15 is 0 Å². The molecule has 0 saturated carbocycles. The first kappa shape index (κ1) is 15.4. The smallest absolute Gasteiger partial charge is 0.272 e. The molecule has 110 valence electrons. The molecule has 1 amide bonds. The minimum atomic E-state index is -0.932. The molecule has 0 aliphatic carbocycles. The molecular formula is C13H10ClFN2O3S. The van der Waals surface area contributed by atoms with Gasteiger partial charge >= 0.3 is 0 Å². The molecule has 0 aliphatic heterocycles. The lowest BCUT2D eigenvalue weighted by atomic mass is 10.1. The highest BCUT2D eigenvalue weighted by molar-refractivity contribution is 7.16. The van der Waals surface area contributed by atoms with Crippen LogP contribution in [-0.2, 0) is 0 Å². The van der Waals surface area contributed by atoms with Crippen molar-refractivity contribution in [3.8, 4) is 0 Å². The molecular weight excluding hydrogens is 319 g/mol. The number of nitrogens with zero attached hydrogens (tertiary/aromatic N) is 1. The van der Waals surface area contributed by atoms with Crippen LogP contribution in [0, 0.1) is 15.9 Å². The number of hydrogen-bond acceptors (Lipinski definition) is 4. The summed E-state index contributed by atoms with van der Waals surface area (Å²) in [4.78, 5) is 22.6. The van der Waals surface area contributed by atoms with Gasteiger partial charge in [0.25, 0.3) is 11.6 Å². The topological polar surface area (TPSA) is 72.2 Å². The van der Waals surface area contributed by atoms with Gasteiger partial charge in [0.15, 0.2) is 0 Å². The van der Waals surface area contributed by atoms with E-state index in [0.717, 1.165) is 23.1 Å².